The van der Waals surface area contributed by atoms with Gasteiger partial charge in [0.25, 0.3) is 0 Å². The zero-order valence-corrected chi connectivity index (χ0v) is 15.3. The number of nitrogens with zero attached hydrogens (tertiary/aromatic N) is 3. The maximum Gasteiger partial charge on any atom is 0.237 e. The molecule has 1 amide bonds. The number of nitrogens with one attached hydrogen (secondary N) is 1. The van der Waals surface area contributed by atoms with Gasteiger partial charge in [-0.15, -0.1) is 6.42 Å². The molecule has 2 fully saturated rings. The van der Waals surface area contributed by atoms with E-state index in [0.29, 0.717) is 6.54 Å². The summed E-state index contributed by atoms with van der Waals surface area (Å²) < 4.78 is 0. The minimum absolute atomic E-state index is 0.0167. The molecule has 0 unspecified atom stereocenters. The van der Waals surface area contributed by atoms with Gasteiger partial charge in [-0.05, 0) is 45.3 Å². The Morgan fingerprint density at radius 3 is 2.58 bits per heavy atom. The Balaban J connectivity index is 1.57. The third-order valence-corrected chi connectivity index (χ3v) is 5.32. The number of carbonyl (C=O) groups is 1. The van der Waals surface area contributed by atoms with Crippen molar-refractivity contribution in [1.29, 1.82) is 0 Å². The first-order valence-corrected chi connectivity index (χ1v) is 9.64. The van der Waals surface area contributed by atoms with Gasteiger partial charge in [0.2, 0.25) is 5.91 Å². The first-order chi connectivity index (χ1) is 11.7. The first kappa shape index (κ1) is 19.2. The van der Waals surface area contributed by atoms with Crippen molar-refractivity contribution in [3.8, 4) is 12.3 Å². The number of unbranched alkanes of at least 4 members (excludes halogenated alkanes) is 1. The zero-order chi connectivity index (χ0) is 17.2. The number of hydrogen-bond donors (Lipinski definition) is 1. The lowest BCUT2D eigenvalue weighted by Crippen LogP contribution is -2.49. The number of hydrogen-bond acceptors (Lipinski definition) is 4. The lowest BCUT2D eigenvalue weighted by molar-refractivity contribution is -0.127. The van der Waals surface area contributed by atoms with Gasteiger partial charge in [-0.3, -0.25) is 9.69 Å². The van der Waals surface area contributed by atoms with Crippen LogP contribution < -0.4 is 5.32 Å². The lowest BCUT2D eigenvalue weighted by atomic mass is 10.0. The van der Waals surface area contributed by atoms with Gasteiger partial charge < -0.3 is 15.1 Å². The van der Waals surface area contributed by atoms with Crippen molar-refractivity contribution in [2.75, 3.05) is 58.9 Å². The predicted octanol–water partition coefficient (Wildman–Crippen LogP) is 1.01. The highest BCUT2D eigenvalue weighted by atomic mass is 16.2. The van der Waals surface area contributed by atoms with Crippen LogP contribution in [0.15, 0.2) is 0 Å². The van der Waals surface area contributed by atoms with Crippen LogP contribution >= 0.6 is 0 Å². The average molecular weight is 335 g/mol. The Bertz CT molecular complexity index is 412. The molecule has 136 valence electrons. The van der Waals surface area contributed by atoms with Gasteiger partial charge in [-0.1, -0.05) is 19.3 Å². The van der Waals surface area contributed by atoms with Crippen molar-refractivity contribution in [2.45, 2.75) is 45.1 Å². The lowest BCUT2D eigenvalue weighted by Gasteiger charge is -2.34. The fourth-order valence-corrected chi connectivity index (χ4v) is 3.71. The summed E-state index contributed by atoms with van der Waals surface area (Å²) in [6.07, 6.45) is 10.9. The summed E-state index contributed by atoms with van der Waals surface area (Å²) in [5, 5.41) is 3.12. The summed E-state index contributed by atoms with van der Waals surface area (Å²) in [7, 11) is 0. The monoisotopic (exact) mass is 334 g/mol. The molecule has 24 heavy (non-hydrogen) atoms. The standard InChI is InChI=1S/C19H34N4O/c1-3-11-23-13-7-5-9-18(23)19(24)20-10-6-8-12-22-16-14-21(4-2)15-17-22/h1,18H,4-17H2,2H3,(H,20,24)/t18-/m0/s1. The average Bonchev–Trinajstić information content (AvgIpc) is 2.62. The molecule has 0 saturated carbocycles. The van der Waals surface area contributed by atoms with Crippen molar-refractivity contribution in [2.24, 2.45) is 0 Å². The zero-order valence-electron chi connectivity index (χ0n) is 15.3. The predicted molar refractivity (Wildman–Crippen MR) is 98.8 cm³/mol. The second-order valence-corrected chi connectivity index (χ2v) is 6.96. The summed E-state index contributed by atoms with van der Waals surface area (Å²) >= 11 is 0. The normalized spacial score (nSPS) is 23.8. The molecule has 0 aliphatic carbocycles. The molecule has 1 atom stereocenters. The van der Waals surface area contributed by atoms with E-state index < -0.39 is 0 Å². The number of piperidine rings is 1. The number of piperazine rings is 1. The topological polar surface area (TPSA) is 38.8 Å². The molecule has 2 heterocycles. The van der Waals surface area contributed by atoms with Crippen molar-refractivity contribution in [3.63, 3.8) is 0 Å². The van der Waals surface area contributed by atoms with Crippen molar-refractivity contribution in [1.82, 2.24) is 20.0 Å². The van der Waals surface area contributed by atoms with Crippen molar-refractivity contribution >= 4 is 5.91 Å². The third-order valence-electron chi connectivity index (χ3n) is 5.32. The molecule has 2 aliphatic heterocycles. The molecule has 0 aromatic rings. The number of likely N-dealkylation sites (N-methyl/N-ethyl adjacent to an activating group) is 1. The van der Waals surface area contributed by atoms with Crippen LogP contribution in [0.1, 0.15) is 39.0 Å². The minimum Gasteiger partial charge on any atom is -0.355 e. The highest BCUT2D eigenvalue weighted by molar-refractivity contribution is 5.81. The van der Waals surface area contributed by atoms with Crippen LogP contribution in [0.25, 0.3) is 0 Å². The molecule has 0 radical (unpaired) electrons. The van der Waals surface area contributed by atoms with Crippen LogP contribution in [0.5, 0.6) is 0 Å². The molecular formula is C19H34N4O. The Hall–Kier alpha value is -1.09. The van der Waals surface area contributed by atoms with Gasteiger partial charge in [-0.2, -0.15) is 0 Å². The van der Waals surface area contributed by atoms with Gasteiger partial charge >= 0.3 is 0 Å². The van der Waals surface area contributed by atoms with Crippen LogP contribution in [0, 0.1) is 12.3 Å². The highest BCUT2D eigenvalue weighted by Gasteiger charge is 2.27. The molecule has 0 aromatic carbocycles. The second kappa shape index (κ2) is 10.7. The summed E-state index contributed by atoms with van der Waals surface area (Å²) in [4.78, 5) is 19.6. The van der Waals surface area contributed by atoms with E-state index in [1.165, 1.54) is 26.2 Å². The van der Waals surface area contributed by atoms with Crippen molar-refractivity contribution < 1.29 is 4.79 Å². The second-order valence-electron chi connectivity index (χ2n) is 6.96. The maximum absolute atomic E-state index is 12.4. The number of rotatable bonds is 8. The smallest absolute Gasteiger partial charge is 0.237 e. The molecule has 0 spiro atoms. The molecule has 5 heteroatoms. The molecule has 5 nitrogen and oxygen atoms in total. The molecule has 2 aliphatic rings. The molecule has 1 N–H and O–H groups in total. The van der Waals surface area contributed by atoms with Crippen LogP contribution in [0.2, 0.25) is 0 Å². The SMILES string of the molecule is C#CCN1CCCC[C@H]1C(=O)NCCCCN1CCN(CC)CC1. The fraction of sp³-hybridized carbons (Fsp3) is 0.842. The van der Waals surface area contributed by atoms with E-state index in [0.717, 1.165) is 58.3 Å². The maximum atomic E-state index is 12.4. The van der Waals surface area contributed by atoms with Gasteiger partial charge in [0.05, 0.1) is 12.6 Å². The van der Waals surface area contributed by atoms with E-state index >= 15 is 0 Å². The number of likely N-dealkylation sites (tertiary alicyclic amines) is 1. The summed E-state index contributed by atoms with van der Waals surface area (Å²) in [5.41, 5.74) is 0. The molecular weight excluding hydrogens is 300 g/mol. The number of amides is 1. The Labute approximate surface area is 147 Å². The number of carbonyl (C=O) groups excluding carboxylic acids is 1. The van der Waals surface area contributed by atoms with Crippen LogP contribution in [0.4, 0.5) is 0 Å². The Morgan fingerprint density at radius 2 is 1.88 bits per heavy atom. The quantitative estimate of drug-likeness (QED) is 0.531. The minimum atomic E-state index is -0.0167. The molecule has 2 rings (SSSR count). The van der Waals surface area contributed by atoms with Crippen molar-refractivity contribution in [3.05, 3.63) is 0 Å². The summed E-state index contributed by atoms with van der Waals surface area (Å²) in [5.74, 6) is 2.85. The largest absolute Gasteiger partial charge is 0.355 e. The van der Waals surface area contributed by atoms with Gasteiger partial charge in [-0.25, -0.2) is 0 Å². The van der Waals surface area contributed by atoms with Gasteiger partial charge in [0, 0.05) is 32.7 Å². The molecule has 0 bridgehead atoms. The van der Waals surface area contributed by atoms with E-state index in [2.05, 4.69) is 32.9 Å². The fourth-order valence-electron chi connectivity index (χ4n) is 3.71. The van der Waals surface area contributed by atoms with Crippen LogP contribution in [0.3, 0.4) is 0 Å². The first-order valence-electron chi connectivity index (χ1n) is 9.64. The van der Waals surface area contributed by atoms with E-state index in [9.17, 15) is 4.79 Å². The van der Waals surface area contributed by atoms with E-state index in [-0.39, 0.29) is 11.9 Å². The summed E-state index contributed by atoms with van der Waals surface area (Å²) in [6, 6.07) is -0.0167. The van der Waals surface area contributed by atoms with Crippen LogP contribution in [-0.4, -0.2) is 85.6 Å². The molecule has 2 saturated heterocycles. The van der Waals surface area contributed by atoms with Crippen LogP contribution in [-0.2, 0) is 4.79 Å². The Kier molecular flexibility index (Phi) is 8.58. The third kappa shape index (κ3) is 6.08. The van der Waals surface area contributed by atoms with Gasteiger partial charge in [0.15, 0.2) is 0 Å². The summed E-state index contributed by atoms with van der Waals surface area (Å²) in [6.45, 7) is 11.6. The van der Waals surface area contributed by atoms with E-state index in [1.807, 2.05) is 0 Å². The number of terminal acetylenes is 1. The van der Waals surface area contributed by atoms with E-state index in [4.69, 9.17) is 6.42 Å². The molecule has 0 aromatic heterocycles. The van der Waals surface area contributed by atoms with Gasteiger partial charge in [0.1, 0.15) is 0 Å². The Morgan fingerprint density at radius 1 is 1.12 bits per heavy atom. The highest BCUT2D eigenvalue weighted by Crippen LogP contribution is 2.16. The van der Waals surface area contributed by atoms with E-state index in [1.54, 1.807) is 0 Å².